The molecule has 0 radical (unpaired) electrons. The van der Waals surface area contributed by atoms with Gasteiger partial charge in [0.15, 0.2) is 6.04 Å². The molecule has 0 unspecified atom stereocenters. The Morgan fingerprint density at radius 3 is 2.54 bits per heavy atom. The molecule has 0 spiro atoms. The summed E-state index contributed by atoms with van der Waals surface area (Å²) in [6, 6.07) is 1.07. The van der Waals surface area contributed by atoms with Gasteiger partial charge in [-0.1, -0.05) is 0 Å². The first-order chi connectivity index (χ1) is 13.2. The summed E-state index contributed by atoms with van der Waals surface area (Å²) >= 11 is 0. The maximum atomic E-state index is 14.4. The Hall–Kier alpha value is -3.21. The highest BCUT2D eigenvalue weighted by molar-refractivity contribution is 6.11. The van der Waals surface area contributed by atoms with Crippen molar-refractivity contribution >= 4 is 35.1 Å². The number of morpholine rings is 1. The fourth-order valence-electron chi connectivity index (χ4n) is 2.49. The first-order valence-corrected chi connectivity index (χ1v) is 8.54. The number of hydrogen-bond donors (Lipinski definition) is 4. The summed E-state index contributed by atoms with van der Waals surface area (Å²) in [6.45, 7) is 3.75. The predicted octanol–water partition coefficient (Wildman–Crippen LogP) is -0.311. The van der Waals surface area contributed by atoms with Crippen molar-refractivity contribution < 1.29 is 28.3 Å². The number of nitrogens with zero attached hydrogens (tertiary/aromatic N) is 1. The molecule has 1 fully saturated rings. The minimum atomic E-state index is -1.65. The Bertz CT molecular complexity index is 785. The van der Waals surface area contributed by atoms with Crippen LogP contribution in [0.2, 0.25) is 0 Å². The number of carbonyl (C=O) groups excluding carboxylic acids is 4. The molecule has 2 rings (SSSR count). The lowest BCUT2D eigenvalue weighted by Gasteiger charge is -2.27. The average molecular weight is 395 g/mol. The topological polar surface area (TPSA) is 143 Å². The zero-order valence-corrected chi connectivity index (χ0v) is 15.5. The van der Waals surface area contributed by atoms with Crippen molar-refractivity contribution in [1.82, 2.24) is 10.6 Å². The molecule has 0 aromatic heterocycles. The fraction of sp³-hybridized carbons (Fsp3) is 0.412. The summed E-state index contributed by atoms with van der Waals surface area (Å²) in [6.07, 6.45) is 0. The zero-order valence-electron chi connectivity index (χ0n) is 15.5. The summed E-state index contributed by atoms with van der Waals surface area (Å²) < 4.78 is 19.4. The minimum absolute atomic E-state index is 0.0317. The maximum Gasteiger partial charge on any atom is 0.316 e. The molecular weight excluding hydrogens is 373 g/mol. The van der Waals surface area contributed by atoms with Gasteiger partial charge in [-0.15, -0.1) is 0 Å². The van der Waals surface area contributed by atoms with E-state index in [1.165, 1.54) is 17.0 Å². The number of ether oxygens (including phenoxy) is 1. The van der Waals surface area contributed by atoms with Crippen LogP contribution in [0.4, 0.5) is 20.6 Å². The van der Waals surface area contributed by atoms with Crippen LogP contribution in [0, 0.1) is 5.82 Å². The second kappa shape index (κ2) is 9.13. The van der Waals surface area contributed by atoms with Crippen LogP contribution in [-0.4, -0.2) is 55.6 Å². The van der Waals surface area contributed by atoms with Crippen molar-refractivity contribution in [2.75, 3.05) is 30.0 Å². The Morgan fingerprint density at radius 1 is 1.25 bits per heavy atom. The lowest BCUT2D eigenvalue weighted by atomic mass is 10.2. The Kier molecular flexibility index (Phi) is 6.88. The molecule has 1 aliphatic rings. The number of carbonyl (C=O) groups is 4. The monoisotopic (exact) mass is 395 g/mol. The van der Waals surface area contributed by atoms with Crippen molar-refractivity contribution in [3.8, 4) is 0 Å². The van der Waals surface area contributed by atoms with Crippen LogP contribution >= 0.6 is 0 Å². The third-order valence-electron chi connectivity index (χ3n) is 3.73. The Balaban J connectivity index is 2.09. The van der Waals surface area contributed by atoms with Crippen LogP contribution in [0.5, 0.6) is 0 Å². The van der Waals surface area contributed by atoms with E-state index in [0.717, 1.165) is 6.07 Å². The first-order valence-electron chi connectivity index (χ1n) is 8.54. The van der Waals surface area contributed by atoms with Gasteiger partial charge < -0.3 is 31.3 Å². The molecule has 1 aromatic carbocycles. The van der Waals surface area contributed by atoms with Gasteiger partial charge in [-0.25, -0.2) is 9.18 Å². The van der Waals surface area contributed by atoms with Crippen LogP contribution in [0.1, 0.15) is 13.8 Å². The lowest BCUT2D eigenvalue weighted by Crippen LogP contribution is -2.55. The largest absolute Gasteiger partial charge is 0.370 e. The number of nitrogens with one attached hydrogen (secondary N) is 3. The predicted molar refractivity (Wildman–Crippen MR) is 98.0 cm³/mol. The Morgan fingerprint density at radius 2 is 1.96 bits per heavy atom. The van der Waals surface area contributed by atoms with Gasteiger partial charge in [0.1, 0.15) is 12.4 Å². The van der Waals surface area contributed by atoms with E-state index in [0.29, 0.717) is 0 Å². The molecular formula is C17H22FN5O5. The van der Waals surface area contributed by atoms with Gasteiger partial charge in [-0.3, -0.25) is 14.4 Å². The molecule has 0 saturated carbocycles. The smallest absolute Gasteiger partial charge is 0.316 e. The van der Waals surface area contributed by atoms with Gasteiger partial charge in [-0.2, -0.15) is 0 Å². The number of halogens is 1. The van der Waals surface area contributed by atoms with Gasteiger partial charge in [0, 0.05) is 18.3 Å². The highest BCUT2D eigenvalue weighted by Crippen LogP contribution is 2.24. The molecule has 152 valence electrons. The van der Waals surface area contributed by atoms with Gasteiger partial charge in [0.25, 0.3) is 11.8 Å². The molecule has 28 heavy (non-hydrogen) atoms. The molecule has 1 aliphatic heterocycles. The van der Waals surface area contributed by atoms with Crippen molar-refractivity contribution in [1.29, 1.82) is 0 Å². The summed E-state index contributed by atoms with van der Waals surface area (Å²) in [5.74, 6) is -3.13. The molecule has 0 bridgehead atoms. The molecule has 1 saturated heterocycles. The molecule has 1 heterocycles. The van der Waals surface area contributed by atoms with Crippen molar-refractivity contribution in [3.63, 3.8) is 0 Å². The first kappa shape index (κ1) is 21.1. The van der Waals surface area contributed by atoms with E-state index in [4.69, 9.17) is 10.5 Å². The van der Waals surface area contributed by atoms with Crippen LogP contribution < -0.4 is 26.6 Å². The number of nitrogens with two attached hydrogens (primary N) is 1. The fourth-order valence-corrected chi connectivity index (χ4v) is 2.49. The second-order valence-electron chi connectivity index (χ2n) is 6.36. The highest BCUT2D eigenvalue weighted by atomic mass is 19.1. The number of amides is 5. The maximum absolute atomic E-state index is 14.4. The van der Waals surface area contributed by atoms with Crippen LogP contribution in [-0.2, 0) is 19.1 Å². The van der Waals surface area contributed by atoms with E-state index < -0.39 is 29.7 Å². The molecule has 0 aliphatic carbocycles. The lowest BCUT2D eigenvalue weighted by molar-refractivity contribution is -0.128. The number of primary amides is 1. The van der Waals surface area contributed by atoms with E-state index in [1.807, 2.05) is 0 Å². The number of rotatable bonds is 6. The van der Waals surface area contributed by atoms with E-state index in [1.54, 1.807) is 13.8 Å². The second-order valence-corrected chi connectivity index (χ2v) is 6.36. The van der Waals surface area contributed by atoms with E-state index in [2.05, 4.69) is 16.0 Å². The third kappa shape index (κ3) is 5.39. The van der Waals surface area contributed by atoms with Crippen LogP contribution in [0.15, 0.2) is 18.2 Å². The normalized spacial score (nSPS) is 15.1. The van der Waals surface area contributed by atoms with Crippen molar-refractivity contribution in [2.24, 2.45) is 5.73 Å². The standard InChI is InChI=1S/C17H22FN5O5/c1-9(2)20-17(27)22-14(15(19)25)16(26)21-10-3-4-12(11(18)7-10)23-5-6-28-8-13(23)24/h3-4,7,9,14H,5-6,8H2,1-2H3,(H2,19,25)(H,21,26)(H2,20,22,27)/t14-/m1/s1. The van der Waals surface area contributed by atoms with E-state index >= 15 is 0 Å². The van der Waals surface area contributed by atoms with Crippen molar-refractivity contribution in [3.05, 3.63) is 24.0 Å². The molecule has 11 heteroatoms. The number of urea groups is 1. The van der Waals surface area contributed by atoms with Gasteiger partial charge in [0.2, 0.25) is 5.91 Å². The van der Waals surface area contributed by atoms with E-state index in [-0.39, 0.29) is 43.1 Å². The summed E-state index contributed by atoms with van der Waals surface area (Å²) in [5.41, 5.74) is 5.24. The molecule has 10 nitrogen and oxygen atoms in total. The SMILES string of the molecule is CC(C)NC(=O)N[C@H](C(N)=O)C(=O)Nc1ccc(N2CCOCC2=O)c(F)c1. The quantitative estimate of drug-likeness (QED) is 0.489. The molecule has 1 atom stereocenters. The third-order valence-corrected chi connectivity index (χ3v) is 3.73. The molecule has 1 aromatic rings. The van der Waals surface area contributed by atoms with Crippen LogP contribution in [0.25, 0.3) is 0 Å². The summed E-state index contributed by atoms with van der Waals surface area (Å²) in [4.78, 5) is 48.5. The van der Waals surface area contributed by atoms with E-state index in [9.17, 15) is 23.6 Å². The zero-order chi connectivity index (χ0) is 20.8. The average Bonchev–Trinajstić information content (AvgIpc) is 2.60. The van der Waals surface area contributed by atoms with Gasteiger partial charge in [-0.05, 0) is 32.0 Å². The Labute approximate surface area is 160 Å². The number of anilines is 2. The van der Waals surface area contributed by atoms with Gasteiger partial charge >= 0.3 is 6.03 Å². The van der Waals surface area contributed by atoms with Crippen molar-refractivity contribution in [2.45, 2.75) is 25.9 Å². The van der Waals surface area contributed by atoms with Crippen LogP contribution in [0.3, 0.4) is 0 Å². The molecule has 5 N–H and O–H groups in total. The number of benzene rings is 1. The summed E-state index contributed by atoms with van der Waals surface area (Å²) in [7, 11) is 0. The minimum Gasteiger partial charge on any atom is -0.370 e. The molecule has 5 amide bonds. The summed E-state index contributed by atoms with van der Waals surface area (Å²) in [5, 5.41) is 6.93. The highest BCUT2D eigenvalue weighted by Gasteiger charge is 2.27. The number of hydrogen-bond acceptors (Lipinski definition) is 5. The van der Waals surface area contributed by atoms with Gasteiger partial charge in [0.05, 0.1) is 12.3 Å².